The van der Waals surface area contributed by atoms with E-state index in [2.05, 4.69) is 22.3 Å². The molecule has 0 spiro atoms. The third-order valence-corrected chi connectivity index (χ3v) is 3.36. The Morgan fingerprint density at radius 2 is 1.76 bits per heavy atom. The van der Waals surface area contributed by atoms with E-state index >= 15 is 0 Å². The molecule has 0 aromatic heterocycles. The molecule has 2 rings (SSSR count). The van der Waals surface area contributed by atoms with E-state index < -0.39 is 0 Å². The number of hydrogen-bond donors (Lipinski definition) is 3. The summed E-state index contributed by atoms with van der Waals surface area (Å²) in [6.45, 7) is 1.41. The van der Waals surface area contributed by atoms with Crippen molar-refractivity contribution >= 4 is 0 Å². The lowest BCUT2D eigenvalue weighted by Crippen LogP contribution is -2.30. The second-order valence-electron chi connectivity index (χ2n) is 5.42. The van der Waals surface area contributed by atoms with Gasteiger partial charge in [-0.3, -0.25) is 0 Å². The standard InChI is InChI=1S/C17H22N2O2/c1-19(2)12-16(13-6-4-3-5-7-13)18-11-14-8-9-15(20)10-17(14)21/h3-10,16,18,20-21H,11-12H2,1-2H3. The van der Waals surface area contributed by atoms with Crippen molar-refractivity contribution < 1.29 is 10.2 Å². The first-order valence-electron chi connectivity index (χ1n) is 7.00. The van der Waals surface area contributed by atoms with Crippen LogP contribution < -0.4 is 5.32 Å². The Morgan fingerprint density at radius 3 is 2.38 bits per heavy atom. The van der Waals surface area contributed by atoms with E-state index in [9.17, 15) is 10.2 Å². The molecule has 4 nitrogen and oxygen atoms in total. The molecule has 0 radical (unpaired) electrons. The Kier molecular flexibility index (Phi) is 5.20. The van der Waals surface area contributed by atoms with Crippen LogP contribution in [0.2, 0.25) is 0 Å². The highest BCUT2D eigenvalue weighted by Gasteiger charge is 2.12. The Bertz CT molecular complexity index is 570. The van der Waals surface area contributed by atoms with E-state index in [1.54, 1.807) is 12.1 Å². The lowest BCUT2D eigenvalue weighted by Gasteiger charge is -2.23. The van der Waals surface area contributed by atoms with Crippen LogP contribution in [0.1, 0.15) is 17.2 Å². The average Bonchev–Trinajstić information content (AvgIpc) is 2.45. The van der Waals surface area contributed by atoms with E-state index in [1.807, 2.05) is 32.3 Å². The van der Waals surface area contributed by atoms with Gasteiger partial charge in [-0.1, -0.05) is 36.4 Å². The van der Waals surface area contributed by atoms with Crippen LogP contribution >= 0.6 is 0 Å². The van der Waals surface area contributed by atoms with E-state index in [-0.39, 0.29) is 17.5 Å². The summed E-state index contributed by atoms with van der Waals surface area (Å²) in [7, 11) is 4.07. The van der Waals surface area contributed by atoms with Gasteiger partial charge in [0.1, 0.15) is 11.5 Å². The molecule has 2 aromatic carbocycles. The highest BCUT2D eigenvalue weighted by molar-refractivity contribution is 5.38. The largest absolute Gasteiger partial charge is 0.508 e. The third kappa shape index (κ3) is 4.48. The maximum Gasteiger partial charge on any atom is 0.123 e. The first-order valence-corrected chi connectivity index (χ1v) is 7.00. The minimum absolute atomic E-state index is 0.0733. The van der Waals surface area contributed by atoms with Crippen LogP contribution in [0.15, 0.2) is 48.5 Å². The molecule has 0 fully saturated rings. The molecule has 0 aliphatic carbocycles. The second kappa shape index (κ2) is 7.11. The zero-order chi connectivity index (χ0) is 15.2. The van der Waals surface area contributed by atoms with Gasteiger partial charge in [-0.25, -0.2) is 0 Å². The predicted molar refractivity (Wildman–Crippen MR) is 84.3 cm³/mol. The summed E-state index contributed by atoms with van der Waals surface area (Å²) in [4.78, 5) is 2.13. The maximum atomic E-state index is 9.85. The molecule has 0 saturated heterocycles. The summed E-state index contributed by atoms with van der Waals surface area (Å²) >= 11 is 0. The van der Waals surface area contributed by atoms with Crippen LogP contribution in [0.25, 0.3) is 0 Å². The quantitative estimate of drug-likeness (QED) is 0.763. The Balaban J connectivity index is 2.09. The normalized spacial score (nSPS) is 12.5. The van der Waals surface area contributed by atoms with Crippen molar-refractivity contribution in [3.63, 3.8) is 0 Å². The van der Waals surface area contributed by atoms with Gasteiger partial charge in [0, 0.05) is 30.8 Å². The third-order valence-electron chi connectivity index (χ3n) is 3.36. The number of hydrogen-bond acceptors (Lipinski definition) is 4. The Labute approximate surface area is 125 Å². The fraction of sp³-hybridized carbons (Fsp3) is 0.294. The molecule has 112 valence electrons. The Hall–Kier alpha value is -2.04. The highest BCUT2D eigenvalue weighted by atomic mass is 16.3. The zero-order valence-electron chi connectivity index (χ0n) is 12.5. The number of nitrogens with one attached hydrogen (secondary N) is 1. The van der Waals surface area contributed by atoms with E-state index in [1.165, 1.54) is 11.6 Å². The zero-order valence-corrected chi connectivity index (χ0v) is 12.5. The summed E-state index contributed by atoms with van der Waals surface area (Å²) in [5.41, 5.74) is 1.98. The van der Waals surface area contributed by atoms with Crippen molar-refractivity contribution in [3.05, 3.63) is 59.7 Å². The van der Waals surface area contributed by atoms with Gasteiger partial charge in [0.25, 0.3) is 0 Å². The number of nitrogens with zero attached hydrogens (tertiary/aromatic N) is 1. The molecule has 0 saturated carbocycles. The average molecular weight is 286 g/mol. The molecular weight excluding hydrogens is 264 g/mol. The van der Waals surface area contributed by atoms with Crippen LogP contribution in [-0.4, -0.2) is 35.8 Å². The molecule has 0 amide bonds. The molecule has 0 bridgehead atoms. The SMILES string of the molecule is CN(C)CC(NCc1ccc(O)cc1O)c1ccccc1. The number of phenolic OH excluding ortho intramolecular Hbond substituents is 2. The van der Waals surface area contributed by atoms with Crippen LogP contribution in [-0.2, 0) is 6.54 Å². The van der Waals surface area contributed by atoms with Crippen molar-refractivity contribution in [3.8, 4) is 11.5 Å². The number of aromatic hydroxyl groups is 2. The van der Waals surface area contributed by atoms with Crippen molar-refractivity contribution in [1.29, 1.82) is 0 Å². The van der Waals surface area contributed by atoms with Gasteiger partial charge < -0.3 is 20.4 Å². The molecular formula is C17H22N2O2. The summed E-state index contributed by atoms with van der Waals surface area (Å²) in [6.07, 6.45) is 0. The second-order valence-corrected chi connectivity index (χ2v) is 5.42. The van der Waals surface area contributed by atoms with Crippen molar-refractivity contribution in [2.24, 2.45) is 0 Å². The minimum atomic E-state index is 0.0733. The van der Waals surface area contributed by atoms with Gasteiger partial charge in [-0.2, -0.15) is 0 Å². The lowest BCUT2D eigenvalue weighted by atomic mass is 10.1. The van der Waals surface area contributed by atoms with Crippen molar-refractivity contribution in [1.82, 2.24) is 10.2 Å². The highest BCUT2D eigenvalue weighted by Crippen LogP contribution is 2.23. The number of rotatable bonds is 6. The molecule has 21 heavy (non-hydrogen) atoms. The monoisotopic (exact) mass is 286 g/mol. The smallest absolute Gasteiger partial charge is 0.123 e. The molecule has 1 unspecified atom stereocenters. The molecule has 0 heterocycles. The van der Waals surface area contributed by atoms with Crippen LogP contribution in [0.4, 0.5) is 0 Å². The van der Waals surface area contributed by atoms with Crippen LogP contribution in [0.3, 0.4) is 0 Å². The summed E-state index contributed by atoms with van der Waals surface area (Å²) in [5, 5.41) is 22.6. The van der Waals surface area contributed by atoms with Crippen molar-refractivity contribution in [2.75, 3.05) is 20.6 Å². The molecule has 4 heteroatoms. The van der Waals surface area contributed by atoms with Gasteiger partial charge >= 0.3 is 0 Å². The first kappa shape index (κ1) is 15.4. The molecule has 3 N–H and O–H groups in total. The summed E-state index contributed by atoms with van der Waals surface area (Å²) in [6, 6.07) is 15.1. The van der Waals surface area contributed by atoms with Gasteiger partial charge in [-0.05, 0) is 25.7 Å². The van der Waals surface area contributed by atoms with Gasteiger partial charge in [0.2, 0.25) is 0 Å². The maximum absolute atomic E-state index is 9.85. The number of likely N-dealkylation sites (N-methyl/N-ethyl adjacent to an activating group) is 1. The molecule has 0 aliphatic rings. The van der Waals surface area contributed by atoms with Gasteiger partial charge in [-0.15, -0.1) is 0 Å². The van der Waals surface area contributed by atoms with Crippen LogP contribution in [0.5, 0.6) is 11.5 Å². The van der Waals surface area contributed by atoms with Gasteiger partial charge in [0.05, 0.1) is 0 Å². The molecule has 1 atom stereocenters. The minimum Gasteiger partial charge on any atom is -0.508 e. The summed E-state index contributed by atoms with van der Waals surface area (Å²) in [5.74, 6) is 0.184. The van der Waals surface area contributed by atoms with E-state index in [4.69, 9.17) is 0 Å². The topological polar surface area (TPSA) is 55.7 Å². The summed E-state index contributed by atoms with van der Waals surface area (Å²) < 4.78 is 0. The van der Waals surface area contributed by atoms with Crippen LogP contribution in [0, 0.1) is 0 Å². The van der Waals surface area contributed by atoms with E-state index in [0.717, 1.165) is 12.1 Å². The fourth-order valence-corrected chi connectivity index (χ4v) is 2.27. The fourth-order valence-electron chi connectivity index (χ4n) is 2.27. The predicted octanol–water partition coefficient (Wildman–Crippen LogP) is 2.49. The van der Waals surface area contributed by atoms with Gasteiger partial charge in [0.15, 0.2) is 0 Å². The van der Waals surface area contributed by atoms with E-state index in [0.29, 0.717) is 6.54 Å². The van der Waals surface area contributed by atoms with Crippen molar-refractivity contribution in [2.45, 2.75) is 12.6 Å². The lowest BCUT2D eigenvalue weighted by molar-refractivity contribution is 0.339. The first-order chi connectivity index (χ1) is 10.1. The number of benzene rings is 2. The molecule has 0 aliphatic heterocycles. The number of phenols is 2. The molecule has 2 aromatic rings. The Morgan fingerprint density at radius 1 is 1.05 bits per heavy atom.